The summed E-state index contributed by atoms with van der Waals surface area (Å²) in [7, 11) is 0. The van der Waals surface area contributed by atoms with Crippen LogP contribution in [0.5, 0.6) is 0 Å². The van der Waals surface area contributed by atoms with Crippen LogP contribution in [0.2, 0.25) is 10.0 Å². The van der Waals surface area contributed by atoms with Crippen LogP contribution < -0.4 is 5.73 Å². The quantitative estimate of drug-likeness (QED) is 0.674. The highest BCUT2D eigenvalue weighted by atomic mass is 35.5. The van der Waals surface area contributed by atoms with E-state index >= 15 is 0 Å². The zero-order chi connectivity index (χ0) is 15.7. The second-order valence-corrected chi connectivity index (χ2v) is 5.69. The van der Waals surface area contributed by atoms with E-state index in [0.717, 1.165) is 27.9 Å². The maximum atomic E-state index is 9.29. The number of hydrogen-bond acceptors (Lipinski definition) is 3. The maximum Gasteiger partial charge on any atom is 0.153 e. The van der Waals surface area contributed by atoms with Crippen molar-refractivity contribution in [1.82, 2.24) is 10.2 Å². The number of nitrogens with one attached hydrogen (secondary N) is 1. The first-order chi connectivity index (χ1) is 10.6. The number of nitrogen functional groups attached to an aromatic ring is 1. The summed E-state index contributed by atoms with van der Waals surface area (Å²) in [4.78, 5) is 0. The van der Waals surface area contributed by atoms with Gasteiger partial charge in [-0.1, -0.05) is 47.5 Å². The SMILES string of the molecule is Nc1n[nH]c(-c2cccc(CO)c2)c1-c1ccc(Cl)cc1Cl. The molecule has 0 radical (unpaired) electrons. The van der Waals surface area contributed by atoms with Crippen molar-refractivity contribution < 1.29 is 5.11 Å². The molecule has 0 atom stereocenters. The minimum atomic E-state index is -0.0332. The molecule has 2 aromatic carbocycles. The fraction of sp³-hybridized carbons (Fsp3) is 0.0625. The fourth-order valence-electron chi connectivity index (χ4n) is 2.35. The molecule has 1 heterocycles. The molecular formula is C16H13Cl2N3O. The average molecular weight is 334 g/mol. The van der Waals surface area contributed by atoms with Gasteiger partial charge in [-0.15, -0.1) is 0 Å². The van der Waals surface area contributed by atoms with Gasteiger partial charge in [0.1, 0.15) is 0 Å². The molecule has 0 saturated heterocycles. The molecule has 112 valence electrons. The minimum absolute atomic E-state index is 0.0332. The number of halogens is 2. The van der Waals surface area contributed by atoms with Gasteiger partial charge in [0.2, 0.25) is 0 Å². The van der Waals surface area contributed by atoms with Crippen molar-refractivity contribution >= 4 is 29.0 Å². The summed E-state index contributed by atoms with van der Waals surface area (Å²) < 4.78 is 0. The predicted octanol–water partition coefficient (Wildman–Crippen LogP) is 4.13. The number of aromatic amines is 1. The van der Waals surface area contributed by atoms with Gasteiger partial charge in [0.15, 0.2) is 5.82 Å². The monoisotopic (exact) mass is 333 g/mol. The molecule has 3 rings (SSSR count). The van der Waals surface area contributed by atoms with Gasteiger partial charge in [0.25, 0.3) is 0 Å². The molecular weight excluding hydrogens is 321 g/mol. The number of nitrogens with zero attached hydrogens (tertiary/aromatic N) is 1. The Balaban J connectivity index is 2.19. The number of benzene rings is 2. The molecule has 0 fully saturated rings. The van der Waals surface area contributed by atoms with E-state index in [1.54, 1.807) is 12.1 Å². The first kappa shape index (κ1) is 14.9. The first-order valence-corrected chi connectivity index (χ1v) is 7.35. The summed E-state index contributed by atoms with van der Waals surface area (Å²) in [5, 5.41) is 17.4. The first-order valence-electron chi connectivity index (χ1n) is 6.59. The van der Waals surface area contributed by atoms with Gasteiger partial charge in [0.05, 0.1) is 22.9 Å². The van der Waals surface area contributed by atoms with Crippen molar-refractivity contribution in [2.24, 2.45) is 0 Å². The zero-order valence-electron chi connectivity index (χ0n) is 11.5. The molecule has 22 heavy (non-hydrogen) atoms. The van der Waals surface area contributed by atoms with E-state index in [1.807, 2.05) is 30.3 Å². The van der Waals surface area contributed by atoms with E-state index in [2.05, 4.69) is 10.2 Å². The summed E-state index contributed by atoms with van der Waals surface area (Å²) in [6.45, 7) is -0.0332. The fourth-order valence-corrected chi connectivity index (χ4v) is 2.86. The lowest BCUT2D eigenvalue weighted by Gasteiger charge is -2.08. The molecule has 6 heteroatoms. The van der Waals surface area contributed by atoms with E-state index in [9.17, 15) is 5.11 Å². The molecule has 4 N–H and O–H groups in total. The Hall–Kier alpha value is -2.01. The van der Waals surface area contributed by atoms with Crippen molar-refractivity contribution in [3.63, 3.8) is 0 Å². The minimum Gasteiger partial charge on any atom is -0.392 e. The highest BCUT2D eigenvalue weighted by Crippen LogP contribution is 2.39. The molecule has 0 unspecified atom stereocenters. The van der Waals surface area contributed by atoms with Crippen LogP contribution >= 0.6 is 23.2 Å². The van der Waals surface area contributed by atoms with Crippen LogP contribution in [0.4, 0.5) is 5.82 Å². The Kier molecular flexibility index (Phi) is 4.07. The normalized spacial score (nSPS) is 10.9. The number of nitrogens with two attached hydrogens (primary N) is 1. The molecule has 1 aromatic heterocycles. The van der Waals surface area contributed by atoms with Crippen molar-refractivity contribution in [2.75, 3.05) is 5.73 Å². The summed E-state index contributed by atoms with van der Waals surface area (Å²) in [5.41, 5.74) is 9.90. The maximum absolute atomic E-state index is 9.29. The van der Waals surface area contributed by atoms with E-state index in [4.69, 9.17) is 28.9 Å². The van der Waals surface area contributed by atoms with E-state index < -0.39 is 0 Å². The number of aromatic nitrogens is 2. The van der Waals surface area contributed by atoms with E-state index in [-0.39, 0.29) is 6.61 Å². The highest BCUT2D eigenvalue weighted by molar-refractivity contribution is 6.36. The van der Waals surface area contributed by atoms with Crippen LogP contribution in [-0.4, -0.2) is 15.3 Å². The second-order valence-electron chi connectivity index (χ2n) is 4.84. The lowest BCUT2D eigenvalue weighted by molar-refractivity contribution is 0.282. The van der Waals surface area contributed by atoms with Gasteiger partial charge < -0.3 is 10.8 Å². The number of aliphatic hydroxyl groups is 1. The Morgan fingerprint density at radius 3 is 2.68 bits per heavy atom. The summed E-state index contributed by atoms with van der Waals surface area (Å²) in [5.74, 6) is 0.355. The van der Waals surface area contributed by atoms with Gasteiger partial charge >= 0.3 is 0 Å². The number of H-pyrrole nitrogens is 1. The summed E-state index contributed by atoms with van der Waals surface area (Å²) in [6.07, 6.45) is 0. The molecule has 4 nitrogen and oxygen atoms in total. The highest BCUT2D eigenvalue weighted by Gasteiger charge is 2.17. The van der Waals surface area contributed by atoms with Crippen molar-refractivity contribution in [3.05, 3.63) is 58.1 Å². The molecule has 0 aliphatic rings. The van der Waals surface area contributed by atoms with Crippen molar-refractivity contribution in [3.8, 4) is 22.4 Å². The van der Waals surface area contributed by atoms with Crippen LogP contribution in [0.15, 0.2) is 42.5 Å². The van der Waals surface area contributed by atoms with Crippen LogP contribution in [0, 0.1) is 0 Å². The predicted molar refractivity (Wildman–Crippen MR) is 89.8 cm³/mol. The van der Waals surface area contributed by atoms with Gasteiger partial charge in [0, 0.05) is 16.1 Å². The zero-order valence-corrected chi connectivity index (χ0v) is 13.0. The molecule has 3 aromatic rings. The Morgan fingerprint density at radius 1 is 1.14 bits per heavy atom. The van der Waals surface area contributed by atoms with Crippen LogP contribution in [0.1, 0.15) is 5.56 Å². The lowest BCUT2D eigenvalue weighted by atomic mass is 9.99. The Bertz CT molecular complexity index is 830. The van der Waals surface area contributed by atoms with Crippen LogP contribution in [0.3, 0.4) is 0 Å². The summed E-state index contributed by atoms with van der Waals surface area (Å²) in [6, 6.07) is 12.7. The molecule has 0 spiro atoms. The third kappa shape index (κ3) is 2.68. The molecule has 0 saturated carbocycles. The third-order valence-corrected chi connectivity index (χ3v) is 3.94. The summed E-state index contributed by atoms with van der Waals surface area (Å²) >= 11 is 12.2. The molecule has 0 amide bonds. The largest absolute Gasteiger partial charge is 0.392 e. The number of hydrogen-bond donors (Lipinski definition) is 3. The molecule has 0 aliphatic carbocycles. The third-order valence-electron chi connectivity index (χ3n) is 3.39. The number of anilines is 1. The molecule has 0 bridgehead atoms. The van der Waals surface area contributed by atoms with Crippen molar-refractivity contribution in [2.45, 2.75) is 6.61 Å². The standard InChI is InChI=1S/C16H13Cl2N3O/c17-11-4-5-12(13(18)7-11)14-15(20-21-16(14)19)10-3-1-2-9(6-10)8-22/h1-7,22H,8H2,(H3,19,20,21). The average Bonchev–Trinajstić information content (AvgIpc) is 2.89. The Labute approximate surface area is 137 Å². The van der Waals surface area contributed by atoms with Crippen LogP contribution in [0.25, 0.3) is 22.4 Å². The van der Waals surface area contributed by atoms with Gasteiger partial charge in [-0.05, 0) is 23.8 Å². The Morgan fingerprint density at radius 2 is 1.95 bits per heavy atom. The van der Waals surface area contributed by atoms with Gasteiger partial charge in [-0.3, -0.25) is 5.10 Å². The van der Waals surface area contributed by atoms with Crippen LogP contribution in [-0.2, 0) is 6.61 Å². The van der Waals surface area contributed by atoms with Gasteiger partial charge in [-0.25, -0.2) is 0 Å². The van der Waals surface area contributed by atoms with Crippen molar-refractivity contribution in [1.29, 1.82) is 0 Å². The molecule has 0 aliphatic heterocycles. The van der Waals surface area contributed by atoms with E-state index in [0.29, 0.717) is 15.9 Å². The van der Waals surface area contributed by atoms with E-state index in [1.165, 1.54) is 0 Å². The smallest absolute Gasteiger partial charge is 0.153 e. The van der Waals surface area contributed by atoms with Gasteiger partial charge in [-0.2, -0.15) is 5.10 Å². The number of rotatable bonds is 3. The lowest BCUT2D eigenvalue weighted by Crippen LogP contribution is -1.90. The topological polar surface area (TPSA) is 74.9 Å². The second kappa shape index (κ2) is 6.01. The number of aliphatic hydroxyl groups excluding tert-OH is 1.